The third-order valence-electron chi connectivity index (χ3n) is 12.8. The van der Waals surface area contributed by atoms with Crippen LogP contribution in [0, 0.1) is 0 Å². The highest BCUT2D eigenvalue weighted by atomic mass is 16.5. The van der Waals surface area contributed by atoms with Gasteiger partial charge >= 0.3 is 0 Å². The molecular weight excluding hydrogens is 807 g/mol. The van der Waals surface area contributed by atoms with Crippen molar-refractivity contribution in [3.8, 4) is 0 Å². The van der Waals surface area contributed by atoms with Crippen molar-refractivity contribution in [3.05, 3.63) is 24.3 Å². The first-order chi connectivity index (χ1) is 32.2. The average Bonchev–Trinajstić information content (AvgIpc) is 3.32. The first-order valence-electron chi connectivity index (χ1n) is 28.7. The Morgan fingerprint density at radius 1 is 0.385 bits per heavy atom. The minimum absolute atomic E-state index is 0.0685. The average molecular weight is 921 g/mol. The number of ether oxygens (including phenoxy) is 5. The van der Waals surface area contributed by atoms with E-state index in [-0.39, 0.29) is 11.9 Å². The molecule has 0 aliphatic carbocycles. The van der Waals surface area contributed by atoms with Crippen LogP contribution in [0.2, 0.25) is 0 Å². The number of carbonyl (C=O) groups is 1. The Morgan fingerprint density at radius 2 is 0.738 bits per heavy atom. The van der Waals surface area contributed by atoms with Crippen LogP contribution < -0.4 is 0 Å². The second kappa shape index (κ2) is 55.3. The Labute approximate surface area is 406 Å². The van der Waals surface area contributed by atoms with E-state index < -0.39 is 6.10 Å². The molecule has 386 valence electrons. The fourth-order valence-electron chi connectivity index (χ4n) is 8.43. The SMILES string of the molecule is CCCCCCCC/C=C\CCCCCCCCOCC(OCCCCCCCC/C=C\CCCCCCCC)C(=O)N(CCOCCOCCOCCCCC)C(CC)CCCCC. The van der Waals surface area contributed by atoms with Gasteiger partial charge < -0.3 is 28.6 Å². The van der Waals surface area contributed by atoms with E-state index in [0.717, 1.165) is 51.6 Å². The van der Waals surface area contributed by atoms with Gasteiger partial charge in [-0.15, -0.1) is 0 Å². The molecule has 0 aliphatic heterocycles. The second-order valence-electron chi connectivity index (χ2n) is 18.9. The molecule has 0 aliphatic rings. The van der Waals surface area contributed by atoms with Crippen LogP contribution in [0.5, 0.6) is 0 Å². The van der Waals surface area contributed by atoms with Crippen LogP contribution in [-0.2, 0) is 28.5 Å². The van der Waals surface area contributed by atoms with E-state index in [1.807, 2.05) is 0 Å². The van der Waals surface area contributed by atoms with Crippen LogP contribution in [0.4, 0.5) is 0 Å². The highest BCUT2D eigenvalue weighted by Gasteiger charge is 2.29. The maximum atomic E-state index is 14.4. The van der Waals surface area contributed by atoms with E-state index in [1.54, 1.807) is 0 Å². The summed E-state index contributed by atoms with van der Waals surface area (Å²) < 4.78 is 30.2. The summed E-state index contributed by atoms with van der Waals surface area (Å²) in [6, 6.07) is 0.172. The molecule has 1 amide bonds. The third kappa shape index (κ3) is 46.3. The molecule has 0 radical (unpaired) electrons. The van der Waals surface area contributed by atoms with Crippen LogP contribution in [0.15, 0.2) is 24.3 Å². The number of nitrogens with zero attached hydrogens (tertiary/aromatic N) is 1. The molecule has 7 heteroatoms. The van der Waals surface area contributed by atoms with Crippen LogP contribution in [0.1, 0.15) is 266 Å². The van der Waals surface area contributed by atoms with Gasteiger partial charge in [0.25, 0.3) is 5.91 Å². The van der Waals surface area contributed by atoms with Gasteiger partial charge in [0, 0.05) is 32.4 Å². The van der Waals surface area contributed by atoms with Crippen molar-refractivity contribution < 1.29 is 28.5 Å². The van der Waals surface area contributed by atoms with Crippen LogP contribution in [0.3, 0.4) is 0 Å². The lowest BCUT2D eigenvalue weighted by atomic mass is 10.0. The molecule has 0 aromatic heterocycles. The molecule has 7 nitrogen and oxygen atoms in total. The number of rotatable bonds is 55. The summed E-state index contributed by atoms with van der Waals surface area (Å²) in [7, 11) is 0. The molecule has 0 aromatic rings. The van der Waals surface area contributed by atoms with E-state index in [4.69, 9.17) is 23.7 Å². The van der Waals surface area contributed by atoms with E-state index in [9.17, 15) is 4.79 Å². The van der Waals surface area contributed by atoms with Crippen molar-refractivity contribution in [2.24, 2.45) is 0 Å². The predicted octanol–water partition coefficient (Wildman–Crippen LogP) is 16.9. The molecule has 0 rings (SSSR count). The summed E-state index contributed by atoms with van der Waals surface area (Å²) in [4.78, 5) is 16.5. The lowest BCUT2D eigenvalue weighted by Gasteiger charge is -2.34. The van der Waals surface area contributed by atoms with E-state index in [0.29, 0.717) is 59.4 Å². The van der Waals surface area contributed by atoms with Gasteiger partial charge in [-0.1, -0.05) is 207 Å². The van der Waals surface area contributed by atoms with Crippen molar-refractivity contribution in [3.63, 3.8) is 0 Å². The molecule has 0 heterocycles. The zero-order valence-corrected chi connectivity index (χ0v) is 44.4. The Bertz CT molecular complexity index is 974. The highest BCUT2D eigenvalue weighted by Crippen LogP contribution is 2.18. The van der Waals surface area contributed by atoms with E-state index in [1.165, 1.54) is 186 Å². The summed E-state index contributed by atoms with van der Waals surface area (Å²) in [5, 5.41) is 0. The first kappa shape index (κ1) is 63.8. The molecule has 65 heavy (non-hydrogen) atoms. The zero-order chi connectivity index (χ0) is 47.2. The van der Waals surface area contributed by atoms with E-state index >= 15 is 0 Å². The molecule has 0 N–H and O–H groups in total. The quantitative estimate of drug-likeness (QED) is 0.0447. The lowest BCUT2D eigenvalue weighted by Crippen LogP contribution is -2.49. The number of hydrogen-bond acceptors (Lipinski definition) is 6. The number of hydrogen-bond donors (Lipinski definition) is 0. The molecule has 2 atom stereocenters. The highest BCUT2D eigenvalue weighted by molar-refractivity contribution is 5.81. The van der Waals surface area contributed by atoms with Gasteiger partial charge in [-0.3, -0.25) is 4.79 Å². The van der Waals surface area contributed by atoms with E-state index in [2.05, 4.69) is 63.8 Å². The standard InChI is InChI=1S/C58H113NO6/c1-6-11-15-17-19-21-23-25-27-29-31-33-35-37-39-43-48-64-55-57(65-49-44-40-38-36-34-32-30-28-26-24-22-20-18-16-12-7-2)58(60)59(56(10-5)45-41-13-8-3)46-50-62-52-54-63-53-51-61-47-42-14-9-4/h25-28,56-57H,6-24,29-55H2,1-5H3/b27-25-,28-26-. The topological polar surface area (TPSA) is 66.5 Å². The van der Waals surface area contributed by atoms with Crippen molar-refractivity contribution in [2.75, 3.05) is 66.0 Å². The first-order valence-corrected chi connectivity index (χ1v) is 28.7. The molecule has 0 saturated carbocycles. The lowest BCUT2D eigenvalue weighted by molar-refractivity contribution is -0.152. The fraction of sp³-hybridized carbons (Fsp3) is 0.914. The van der Waals surface area contributed by atoms with Crippen LogP contribution >= 0.6 is 0 Å². The zero-order valence-electron chi connectivity index (χ0n) is 44.4. The molecule has 2 unspecified atom stereocenters. The molecule has 0 saturated heterocycles. The molecular formula is C58H113NO6. The molecule has 0 fully saturated rings. The molecule has 0 spiro atoms. The van der Waals surface area contributed by atoms with Crippen LogP contribution in [-0.4, -0.2) is 89.0 Å². The molecule has 0 aromatic carbocycles. The fourth-order valence-corrected chi connectivity index (χ4v) is 8.43. The van der Waals surface area contributed by atoms with Crippen LogP contribution in [0.25, 0.3) is 0 Å². The Kier molecular flexibility index (Phi) is 54.3. The van der Waals surface area contributed by atoms with Gasteiger partial charge in [-0.05, 0) is 83.5 Å². The Morgan fingerprint density at radius 3 is 1.22 bits per heavy atom. The smallest absolute Gasteiger partial charge is 0.254 e. The molecule has 0 bridgehead atoms. The van der Waals surface area contributed by atoms with Crippen molar-refractivity contribution in [1.29, 1.82) is 0 Å². The Balaban J connectivity index is 4.90. The van der Waals surface area contributed by atoms with Gasteiger partial charge in [-0.25, -0.2) is 0 Å². The van der Waals surface area contributed by atoms with Gasteiger partial charge in [0.2, 0.25) is 0 Å². The maximum absolute atomic E-state index is 14.4. The Hall–Kier alpha value is -1.25. The number of amides is 1. The summed E-state index contributed by atoms with van der Waals surface area (Å²) >= 11 is 0. The van der Waals surface area contributed by atoms with Crippen molar-refractivity contribution >= 4 is 5.91 Å². The summed E-state index contributed by atoms with van der Waals surface area (Å²) in [6.07, 6.45) is 54.0. The maximum Gasteiger partial charge on any atom is 0.254 e. The normalized spacial score (nSPS) is 12.9. The van der Waals surface area contributed by atoms with Gasteiger partial charge in [0.05, 0.1) is 39.6 Å². The largest absolute Gasteiger partial charge is 0.379 e. The summed E-state index contributed by atoms with van der Waals surface area (Å²) in [5.74, 6) is 0.0685. The second-order valence-corrected chi connectivity index (χ2v) is 18.9. The number of carbonyl (C=O) groups excluding carboxylic acids is 1. The summed E-state index contributed by atoms with van der Waals surface area (Å²) in [6.45, 7) is 17.0. The van der Waals surface area contributed by atoms with Gasteiger partial charge in [0.1, 0.15) is 0 Å². The monoisotopic (exact) mass is 920 g/mol. The van der Waals surface area contributed by atoms with Gasteiger partial charge in [-0.2, -0.15) is 0 Å². The minimum atomic E-state index is -0.576. The third-order valence-corrected chi connectivity index (χ3v) is 12.8. The number of unbranched alkanes of at least 4 members (excludes halogenated alkanes) is 28. The van der Waals surface area contributed by atoms with Gasteiger partial charge in [0.15, 0.2) is 6.10 Å². The van der Waals surface area contributed by atoms with Crippen molar-refractivity contribution in [1.82, 2.24) is 4.90 Å². The number of allylic oxidation sites excluding steroid dienone is 4. The minimum Gasteiger partial charge on any atom is -0.379 e. The summed E-state index contributed by atoms with van der Waals surface area (Å²) in [5.41, 5.74) is 0. The van der Waals surface area contributed by atoms with Crippen molar-refractivity contribution in [2.45, 2.75) is 278 Å². The predicted molar refractivity (Wildman–Crippen MR) is 281 cm³/mol.